The van der Waals surface area contributed by atoms with Crippen LogP contribution in [-0.2, 0) is 10.0 Å². The topological polar surface area (TPSA) is 70.0 Å². The molecule has 0 saturated carbocycles. The Morgan fingerprint density at radius 1 is 1.35 bits per heavy atom. The van der Waals surface area contributed by atoms with Crippen LogP contribution in [0, 0.1) is 23.1 Å². The fraction of sp³-hybridized carbons (Fsp3) is 0.500. The molecule has 6 heteroatoms. The standard InChI is InChI=1S/C14H19FN2O2S/c1-4-11(5-2)10(3)17-20(18,19)14-8-6-7-13(15)12(14)9-16/h6-8,10-11,17H,4-5H2,1-3H3. The third-order valence-electron chi connectivity index (χ3n) is 3.47. The molecule has 0 radical (unpaired) electrons. The van der Waals surface area contributed by atoms with E-state index in [1.165, 1.54) is 12.1 Å². The van der Waals surface area contributed by atoms with Gasteiger partial charge in [0.05, 0.1) is 0 Å². The zero-order valence-electron chi connectivity index (χ0n) is 11.9. The highest BCUT2D eigenvalue weighted by molar-refractivity contribution is 7.89. The fourth-order valence-corrected chi connectivity index (χ4v) is 3.72. The Labute approximate surface area is 119 Å². The minimum Gasteiger partial charge on any atom is -0.208 e. The summed E-state index contributed by atoms with van der Waals surface area (Å²) in [5.74, 6) is -0.630. The summed E-state index contributed by atoms with van der Waals surface area (Å²) in [6.07, 6.45) is 1.68. The maximum Gasteiger partial charge on any atom is 0.242 e. The van der Waals surface area contributed by atoms with Gasteiger partial charge in [0.15, 0.2) is 0 Å². The van der Waals surface area contributed by atoms with Crippen LogP contribution in [0.3, 0.4) is 0 Å². The van der Waals surface area contributed by atoms with Crippen LogP contribution >= 0.6 is 0 Å². The van der Waals surface area contributed by atoms with Gasteiger partial charge >= 0.3 is 0 Å². The number of hydrogen-bond donors (Lipinski definition) is 1. The van der Waals surface area contributed by atoms with Crippen LogP contribution in [0.5, 0.6) is 0 Å². The highest BCUT2D eigenvalue weighted by Gasteiger charge is 2.25. The average molecular weight is 298 g/mol. The molecule has 0 spiro atoms. The fourth-order valence-electron chi connectivity index (χ4n) is 2.24. The minimum atomic E-state index is -3.90. The molecule has 4 nitrogen and oxygen atoms in total. The third-order valence-corrected chi connectivity index (χ3v) is 5.07. The molecular weight excluding hydrogens is 279 g/mol. The third kappa shape index (κ3) is 3.56. The van der Waals surface area contributed by atoms with Gasteiger partial charge in [0, 0.05) is 6.04 Å². The van der Waals surface area contributed by atoms with E-state index in [1.54, 1.807) is 13.0 Å². The van der Waals surface area contributed by atoms with Crippen LogP contribution in [0.1, 0.15) is 39.2 Å². The van der Waals surface area contributed by atoms with Crippen molar-refractivity contribution in [3.63, 3.8) is 0 Å². The Bertz CT molecular complexity index is 604. The van der Waals surface area contributed by atoms with E-state index in [0.717, 1.165) is 18.9 Å². The van der Waals surface area contributed by atoms with Crippen molar-refractivity contribution < 1.29 is 12.8 Å². The summed E-state index contributed by atoms with van der Waals surface area (Å²) in [6.45, 7) is 5.75. The van der Waals surface area contributed by atoms with Gasteiger partial charge in [-0.3, -0.25) is 0 Å². The predicted molar refractivity (Wildman–Crippen MR) is 75.0 cm³/mol. The molecule has 1 N–H and O–H groups in total. The molecule has 0 bridgehead atoms. The SMILES string of the molecule is CCC(CC)C(C)NS(=O)(=O)c1cccc(F)c1C#N. The van der Waals surface area contributed by atoms with Crippen molar-refractivity contribution in [1.29, 1.82) is 5.26 Å². The van der Waals surface area contributed by atoms with Crippen LogP contribution in [0.2, 0.25) is 0 Å². The lowest BCUT2D eigenvalue weighted by atomic mass is 9.96. The first-order valence-electron chi connectivity index (χ1n) is 6.58. The Morgan fingerprint density at radius 3 is 2.45 bits per heavy atom. The van der Waals surface area contributed by atoms with Crippen molar-refractivity contribution in [2.24, 2.45) is 5.92 Å². The van der Waals surface area contributed by atoms with Crippen LogP contribution in [0.4, 0.5) is 4.39 Å². The summed E-state index contributed by atoms with van der Waals surface area (Å²) in [6, 6.07) is 4.93. The lowest BCUT2D eigenvalue weighted by Crippen LogP contribution is -2.38. The molecule has 0 fully saturated rings. The second kappa shape index (κ2) is 6.82. The Morgan fingerprint density at radius 2 is 1.95 bits per heavy atom. The molecule has 20 heavy (non-hydrogen) atoms. The molecule has 1 aromatic rings. The summed E-state index contributed by atoms with van der Waals surface area (Å²) in [4.78, 5) is -0.308. The lowest BCUT2D eigenvalue weighted by Gasteiger charge is -2.22. The number of halogens is 1. The summed E-state index contributed by atoms with van der Waals surface area (Å²) < 4.78 is 40.6. The van der Waals surface area contributed by atoms with Crippen molar-refractivity contribution in [1.82, 2.24) is 4.72 Å². The van der Waals surface area contributed by atoms with Gasteiger partial charge in [0.2, 0.25) is 10.0 Å². The van der Waals surface area contributed by atoms with Gasteiger partial charge in [-0.25, -0.2) is 17.5 Å². The van der Waals surface area contributed by atoms with Gasteiger partial charge in [0.25, 0.3) is 0 Å². The first-order valence-corrected chi connectivity index (χ1v) is 8.06. The van der Waals surface area contributed by atoms with Crippen molar-refractivity contribution >= 4 is 10.0 Å². The normalized spacial score (nSPS) is 13.2. The van der Waals surface area contributed by atoms with E-state index in [1.807, 2.05) is 13.8 Å². The zero-order chi connectivity index (χ0) is 15.3. The summed E-state index contributed by atoms with van der Waals surface area (Å²) in [7, 11) is -3.90. The van der Waals surface area contributed by atoms with Crippen molar-refractivity contribution in [2.75, 3.05) is 0 Å². The van der Waals surface area contributed by atoms with E-state index in [4.69, 9.17) is 5.26 Å². The molecule has 0 saturated heterocycles. The smallest absolute Gasteiger partial charge is 0.208 e. The number of rotatable bonds is 6. The van der Waals surface area contributed by atoms with Crippen molar-refractivity contribution in [3.05, 3.63) is 29.6 Å². The summed E-state index contributed by atoms with van der Waals surface area (Å²) in [5.41, 5.74) is -0.447. The predicted octanol–water partition coefficient (Wildman–Crippen LogP) is 2.80. The van der Waals surface area contributed by atoms with Crippen LogP contribution < -0.4 is 4.72 Å². The molecule has 1 atom stereocenters. The quantitative estimate of drug-likeness (QED) is 0.878. The minimum absolute atomic E-state index is 0.198. The second-order valence-electron chi connectivity index (χ2n) is 4.71. The van der Waals surface area contributed by atoms with Crippen molar-refractivity contribution in [3.8, 4) is 6.07 Å². The number of sulfonamides is 1. The largest absolute Gasteiger partial charge is 0.242 e. The number of hydrogen-bond acceptors (Lipinski definition) is 3. The molecule has 0 amide bonds. The molecule has 0 aliphatic carbocycles. The van der Waals surface area contributed by atoms with Gasteiger partial charge in [0.1, 0.15) is 22.3 Å². The summed E-state index contributed by atoms with van der Waals surface area (Å²) in [5, 5.41) is 8.92. The van der Waals surface area contributed by atoms with Crippen LogP contribution in [-0.4, -0.2) is 14.5 Å². The molecule has 1 rings (SSSR count). The zero-order valence-corrected chi connectivity index (χ0v) is 12.7. The van der Waals surface area contributed by atoms with Gasteiger partial charge < -0.3 is 0 Å². The molecule has 110 valence electrons. The second-order valence-corrected chi connectivity index (χ2v) is 6.39. The van der Waals surface area contributed by atoms with E-state index < -0.39 is 21.4 Å². The molecule has 0 aliphatic heterocycles. The van der Waals surface area contributed by atoms with E-state index in [9.17, 15) is 12.8 Å². The Hall–Kier alpha value is -1.45. The van der Waals surface area contributed by atoms with Gasteiger partial charge in [-0.2, -0.15) is 5.26 Å². The number of benzene rings is 1. The van der Waals surface area contributed by atoms with E-state index in [0.29, 0.717) is 0 Å². The molecular formula is C14H19FN2O2S. The number of nitrogens with one attached hydrogen (secondary N) is 1. The van der Waals surface area contributed by atoms with E-state index in [2.05, 4.69) is 4.72 Å². The maximum absolute atomic E-state index is 13.5. The Kier molecular flexibility index (Phi) is 5.66. The van der Waals surface area contributed by atoms with Crippen LogP contribution in [0.15, 0.2) is 23.1 Å². The average Bonchev–Trinajstić information content (AvgIpc) is 2.39. The number of nitriles is 1. The molecule has 0 aromatic heterocycles. The van der Waals surface area contributed by atoms with Gasteiger partial charge in [-0.05, 0) is 25.0 Å². The first kappa shape index (κ1) is 16.6. The lowest BCUT2D eigenvalue weighted by molar-refractivity contribution is 0.390. The van der Waals surface area contributed by atoms with E-state index in [-0.39, 0.29) is 16.9 Å². The van der Waals surface area contributed by atoms with Crippen LogP contribution in [0.25, 0.3) is 0 Å². The highest BCUT2D eigenvalue weighted by Crippen LogP contribution is 2.20. The molecule has 0 heterocycles. The first-order chi connectivity index (χ1) is 9.37. The monoisotopic (exact) mass is 298 g/mol. The number of nitrogens with zero attached hydrogens (tertiary/aromatic N) is 1. The summed E-state index contributed by atoms with van der Waals surface area (Å²) >= 11 is 0. The van der Waals surface area contributed by atoms with E-state index >= 15 is 0 Å². The van der Waals surface area contributed by atoms with Gasteiger partial charge in [-0.15, -0.1) is 0 Å². The molecule has 1 aromatic carbocycles. The molecule has 1 unspecified atom stereocenters. The van der Waals surface area contributed by atoms with Gasteiger partial charge in [-0.1, -0.05) is 32.8 Å². The van der Waals surface area contributed by atoms with Crippen molar-refractivity contribution in [2.45, 2.75) is 44.6 Å². The Balaban J connectivity index is 3.13. The maximum atomic E-state index is 13.5. The molecule has 0 aliphatic rings. The highest BCUT2D eigenvalue weighted by atomic mass is 32.2.